The van der Waals surface area contributed by atoms with Crippen molar-refractivity contribution in [3.63, 3.8) is 0 Å². The Balaban J connectivity index is 2.13. The first-order chi connectivity index (χ1) is 9.23. The zero-order chi connectivity index (χ0) is 14.7. The van der Waals surface area contributed by atoms with Crippen LogP contribution in [0.5, 0.6) is 0 Å². The first-order valence-corrected chi connectivity index (χ1v) is 6.91. The highest BCUT2D eigenvalue weighted by molar-refractivity contribution is 6.66. The molecule has 20 heavy (non-hydrogen) atoms. The Labute approximate surface area is 122 Å². The standard InChI is InChI=1S/C14H16BClFNO2/c1-13(2)14(3,4)20-15(19-13)8-5-6-10(17)12-11(8)9(16)7-18-12/h5-7,18H,1-4H3. The van der Waals surface area contributed by atoms with E-state index in [1.165, 1.54) is 6.07 Å². The van der Waals surface area contributed by atoms with Crippen molar-refractivity contribution in [2.45, 2.75) is 38.9 Å². The quantitative estimate of drug-likeness (QED) is 0.819. The Kier molecular flexibility index (Phi) is 2.94. The van der Waals surface area contributed by atoms with Gasteiger partial charge in [-0.1, -0.05) is 17.7 Å². The lowest BCUT2D eigenvalue weighted by molar-refractivity contribution is 0.00578. The van der Waals surface area contributed by atoms with Gasteiger partial charge in [0.05, 0.1) is 21.7 Å². The molecule has 1 aromatic carbocycles. The van der Waals surface area contributed by atoms with E-state index in [4.69, 9.17) is 20.9 Å². The van der Waals surface area contributed by atoms with Crippen LogP contribution in [0.2, 0.25) is 5.02 Å². The Morgan fingerprint density at radius 1 is 1.15 bits per heavy atom. The summed E-state index contributed by atoms with van der Waals surface area (Å²) in [5.41, 5.74) is 0.232. The summed E-state index contributed by atoms with van der Waals surface area (Å²) in [6.07, 6.45) is 1.57. The maximum Gasteiger partial charge on any atom is 0.495 e. The van der Waals surface area contributed by atoms with E-state index in [0.29, 0.717) is 15.9 Å². The van der Waals surface area contributed by atoms with Crippen LogP contribution in [0.25, 0.3) is 10.9 Å². The minimum absolute atomic E-state index is 0.341. The van der Waals surface area contributed by atoms with Crippen molar-refractivity contribution in [3.8, 4) is 0 Å². The summed E-state index contributed by atoms with van der Waals surface area (Å²) < 4.78 is 25.8. The minimum Gasteiger partial charge on any atom is -0.399 e. The zero-order valence-electron chi connectivity index (χ0n) is 11.9. The van der Waals surface area contributed by atoms with Crippen molar-refractivity contribution in [2.75, 3.05) is 0 Å². The summed E-state index contributed by atoms with van der Waals surface area (Å²) in [7, 11) is -0.559. The zero-order valence-corrected chi connectivity index (χ0v) is 12.6. The van der Waals surface area contributed by atoms with Gasteiger partial charge in [-0.2, -0.15) is 0 Å². The van der Waals surface area contributed by atoms with Gasteiger partial charge in [-0.3, -0.25) is 0 Å². The predicted molar refractivity (Wildman–Crippen MR) is 79.0 cm³/mol. The predicted octanol–water partition coefficient (Wildman–Crippen LogP) is 3.26. The van der Waals surface area contributed by atoms with Gasteiger partial charge in [-0.25, -0.2) is 4.39 Å². The van der Waals surface area contributed by atoms with Crippen LogP contribution < -0.4 is 5.46 Å². The number of hydrogen-bond donors (Lipinski definition) is 1. The average molecular weight is 296 g/mol. The van der Waals surface area contributed by atoms with Crippen LogP contribution in [-0.4, -0.2) is 23.3 Å². The van der Waals surface area contributed by atoms with Gasteiger partial charge in [0.1, 0.15) is 5.82 Å². The van der Waals surface area contributed by atoms with Gasteiger partial charge in [0.2, 0.25) is 0 Å². The van der Waals surface area contributed by atoms with Gasteiger partial charge in [0.15, 0.2) is 0 Å². The molecule has 1 saturated heterocycles. The van der Waals surface area contributed by atoms with Crippen LogP contribution in [0.1, 0.15) is 27.7 Å². The molecule has 0 aliphatic carbocycles. The minimum atomic E-state index is -0.559. The van der Waals surface area contributed by atoms with E-state index in [1.54, 1.807) is 12.3 Å². The monoisotopic (exact) mass is 295 g/mol. The van der Waals surface area contributed by atoms with Crippen LogP contribution in [0, 0.1) is 5.82 Å². The number of aromatic amines is 1. The molecule has 0 amide bonds. The molecule has 3 rings (SSSR count). The fourth-order valence-electron chi connectivity index (χ4n) is 2.37. The van der Waals surface area contributed by atoms with E-state index in [9.17, 15) is 4.39 Å². The third-order valence-electron chi connectivity index (χ3n) is 4.28. The summed E-state index contributed by atoms with van der Waals surface area (Å²) in [4.78, 5) is 2.84. The van der Waals surface area contributed by atoms with Crippen LogP contribution in [0.3, 0.4) is 0 Å². The Morgan fingerprint density at radius 3 is 2.35 bits per heavy atom. The topological polar surface area (TPSA) is 34.2 Å². The van der Waals surface area contributed by atoms with Crippen molar-refractivity contribution in [1.82, 2.24) is 4.98 Å². The summed E-state index contributed by atoms with van der Waals surface area (Å²) >= 11 is 6.16. The molecule has 1 aliphatic heterocycles. The number of H-pyrrole nitrogens is 1. The lowest BCUT2D eigenvalue weighted by Crippen LogP contribution is -2.41. The smallest absolute Gasteiger partial charge is 0.399 e. The van der Waals surface area contributed by atoms with Gasteiger partial charge in [-0.15, -0.1) is 0 Å². The van der Waals surface area contributed by atoms with E-state index in [-0.39, 0.29) is 5.82 Å². The van der Waals surface area contributed by atoms with E-state index in [1.807, 2.05) is 27.7 Å². The molecule has 0 saturated carbocycles. The van der Waals surface area contributed by atoms with Crippen LogP contribution in [0.4, 0.5) is 4.39 Å². The van der Waals surface area contributed by atoms with Crippen LogP contribution >= 0.6 is 11.6 Å². The lowest BCUT2D eigenvalue weighted by atomic mass is 9.77. The molecule has 3 nitrogen and oxygen atoms in total. The first-order valence-electron chi connectivity index (χ1n) is 6.53. The fourth-order valence-corrected chi connectivity index (χ4v) is 2.62. The van der Waals surface area contributed by atoms with Crippen LogP contribution in [-0.2, 0) is 9.31 Å². The molecule has 2 aromatic rings. The van der Waals surface area contributed by atoms with E-state index >= 15 is 0 Å². The summed E-state index contributed by atoms with van der Waals surface area (Å²) in [6.45, 7) is 7.91. The SMILES string of the molecule is CC1(C)OB(c2ccc(F)c3[nH]cc(Cl)c23)OC1(C)C. The normalized spacial score (nSPS) is 20.8. The molecule has 0 atom stereocenters. The lowest BCUT2D eigenvalue weighted by Gasteiger charge is -2.32. The highest BCUT2D eigenvalue weighted by Gasteiger charge is 2.52. The molecular formula is C14H16BClFNO2. The number of hydrogen-bond acceptors (Lipinski definition) is 2. The number of aromatic nitrogens is 1. The summed E-state index contributed by atoms with van der Waals surface area (Å²) in [6, 6.07) is 3.06. The average Bonchev–Trinajstić information content (AvgIpc) is 2.80. The molecule has 0 bridgehead atoms. The number of nitrogens with one attached hydrogen (secondary N) is 1. The molecule has 0 unspecified atom stereocenters. The molecule has 1 N–H and O–H groups in total. The summed E-state index contributed by atoms with van der Waals surface area (Å²) in [5.74, 6) is -0.341. The van der Waals surface area contributed by atoms with E-state index in [0.717, 1.165) is 5.46 Å². The molecule has 1 aromatic heterocycles. The van der Waals surface area contributed by atoms with Crippen molar-refractivity contribution in [2.24, 2.45) is 0 Å². The number of benzene rings is 1. The third-order valence-corrected chi connectivity index (χ3v) is 4.57. The van der Waals surface area contributed by atoms with Gasteiger partial charge in [-0.05, 0) is 39.2 Å². The van der Waals surface area contributed by atoms with Gasteiger partial charge >= 0.3 is 7.12 Å². The van der Waals surface area contributed by atoms with Crippen molar-refractivity contribution in [3.05, 3.63) is 29.2 Å². The first kappa shape index (κ1) is 13.9. The van der Waals surface area contributed by atoms with Crippen molar-refractivity contribution < 1.29 is 13.7 Å². The van der Waals surface area contributed by atoms with E-state index < -0.39 is 18.3 Å². The van der Waals surface area contributed by atoms with Crippen LogP contribution in [0.15, 0.2) is 18.3 Å². The molecule has 1 fully saturated rings. The molecule has 2 heterocycles. The second-order valence-corrected chi connectivity index (χ2v) is 6.52. The maximum absolute atomic E-state index is 13.8. The maximum atomic E-state index is 13.8. The molecular weight excluding hydrogens is 279 g/mol. The fraction of sp³-hybridized carbons (Fsp3) is 0.429. The van der Waals surface area contributed by atoms with E-state index in [2.05, 4.69) is 4.98 Å². The molecule has 106 valence electrons. The highest BCUT2D eigenvalue weighted by Crippen LogP contribution is 2.37. The van der Waals surface area contributed by atoms with Gasteiger partial charge in [0, 0.05) is 11.6 Å². The Morgan fingerprint density at radius 2 is 1.75 bits per heavy atom. The molecule has 1 aliphatic rings. The largest absolute Gasteiger partial charge is 0.495 e. The second kappa shape index (κ2) is 4.23. The number of fused-ring (bicyclic) bond motifs is 1. The second-order valence-electron chi connectivity index (χ2n) is 6.11. The molecule has 0 radical (unpaired) electrons. The molecule has 6 heteroatoms. The highest BCUT2D eigenvalue weighted by atomic mass is 35.5. The van der Waals surface area contributed by atoms with Gasteiger partial charge in [0.25, 0.3) is 0 Å². The third kappa shape index (κ3) is 1.88. The van der Waals surface area contributed by atoms with Crippen molar-refractivity contribution in [1.29, 1.82) is 0 Å². The molecule has 0 spiro atoms. The number of rotatable bonds is 1. The summed E-state index contributed by atoms with van der Waals surface area (Å²) in [5, 5.41) is 1.08. The Bertz CT molecular complexity index is 667. The van der Waals surface area contributed by atoms with Crippen molar-refractivity contribution >= 4 is 35.1 Å². The Hall–Kier alpha value is -1.04. The van der Waals surface area contributed by atoms with Gasteiger partial charge < -0.3 is 14.3 Å². The number of halogens is 2.